The van der Waals surface area contributed by atoms with Gasteiger partial charge in [-0.2, -0.15) is 5.10 Å². The van der Waals surface area contributed by atoms with Crippen molar-refractivity contribution in [1.82, 2.24) is 5.43 Å². The van der Waals surface area contributed by atoms with Crippen molar-refractivity contribution >= 4 is 34.1 Å². The van der Waals surface area contributed by atoms with Gasteiger partial charge in [0.2, 0.25) is 5.91 Å². The SMILES string of the molecule is O=C(Cc1ccc(Br)cc1)N/N=C/C=C/c1ccccc1. The minimum Gasteiger partial charge on any atom is -0.273 e. The van der Waals surface area contributed by atoms with Crippen LogP contribution in [0.5, 0.6) is 0 Å². The molecular formula is C17H15BrN2O. The summed E-state index contributed by atoms with van der Waals surface area (Å²) in [6.07, 6.45) is 5.58. The van der Waals surface area contributed by atoms with Crippen LogP contribution >= 0.6 is 15.9 Å². The highest BCUT2D eigenvalue weighted by Gasteiger charge is 2.01. The maximum atomic E-state index is 11.7. The third kappa shape index (κ3) is 5.75. The van der Waals surface area contributed by atoms with Crippen molar-refractivity contribution in [2.24, 2.45) is 5.10 Å². The molecule has 0 aliphatic rings. The summed E-state index contributed by atoms with van der Waals surface area (Å²) in [7, 11) is 0. The predicted octanol–water partition coefficient (Wildman–Crippen LogP) is 3.81. The zero-order valence-corrected chi connectivity index (χ0v) is 13.0. The molecule has 2 aromatic rings. The van der Waals surface area contributed by atoms with Crippen LogP contribution in [0.1, 0.15) is 11.1 Å². The van der Waals surface area contributed by atoms with E-state index in [0.29, 0.717) is 6.42 Å². The minimum atomic E-state index is -0.137. The molecule has 1 N–H and O–H groups in total. The lowest BCUT2D eigenvalue weighted by atomic mass is 10.1. The summed E-state index contributed by atoms with van der Waals surface area (Å²) in [5.74, 6) is -0.137. The molecule has 0 spiro atoms. The molecule has 0 unspecified atom stereocenters. The standard InChI is InChI=1S/C17H15BrN2O/c18-16-10-8-15(9-11-16)13-17(21)20-19-12-4-7-14-5-2-1-3-6-14/h1-12H,13H2,(H,20,21)/b7-4+,19-12+. The van der Waals surface area contributed by atoms with E-state index < -0.39 is 0 Å². The highest BCUT2D eigenvalue weighted by atomic mass is 79.9. The van der Waals surface area contributed by atoms with Crippen LogP contribution in [0.3, 0.4) is 0 Å². The van der Waals surface area contributed by atoms with Gasteiger partial charge in [0.05, 0.1) is 6.42 Å². The van der Waals surface area contributed by atoms with E-state index in [-0.39, 0.29) is 5.91 Å². The molecule has 1 amide bonds. The summed E-state index contributed by atoms with van der Waals surface area (Å²) >= 11 is 3.36. The summed E-state index contributed by atoms with van der Waals surface area (Å²) in [6, 6.07) is 17.5. The smallest absolute Gasteiger partial charge is 0.244 e. The van der Waals surface area contributed by atoms with Crippen LogP contribution in [-0.4, -0.2) is 12.1 Å². The summed E-state index contributed by atoms with van der Waals surface area (Å²) in [5.41, 5.74) is 4.54. The third-order valence-electron chi connectivity index (χ3n) is 2.72. The van der Waals surface area contributed by atoms with Gasteiger partial charge in [-0.3, -0.25) is 4.79 Å². The Labute approximate surface area is 132 Å². The number of hydrazone groups is 1. The number of hydrogen-bond acceptors (Lipinski definition) is 2. The number of benzene rings is 2. The molecule has 3 nitrogen and oxygen atoms in total. The molecule has 0 saturated heterocycles. The number of allylic oxidation sites excluding steroid dienone is 1. The molecule has 0 fully saturated rings. The highest BCUT2D eigenvalue weighted by molar-refractivity contribution is 9.10. The molecule has 0 radical (unpaired) electrons. The van der Waals surface area contributed by atoms with E-state index in [4.69, 9.17) is 0 Å². The van der Waals surface area contributed by atoms with Crippen LogP contribution < -0.4 is 5.43 Å². The lowest BCUT2D eigenvalue weighted by Gasteiger charge is -2.00. The molecule has 21 heavy (non-hydrogen) atoms. The van der Waals surface area contributed by atoms with Gasteiger partial charge in [0.15, 0.2) is 0 Å². The van der Waals surface area contributed by atoms with Gasteiger partial charge >= 0.3 is 0 Å². The van der Waals surface area contributed by atoms with Crippen molar-refractivity contribution in [1.29, 1.82) is 0 Å². The number of nitrogens with zero attached hydrogens (tertiary/aromatic N) is 1. The van der Waals surface area contributed by atoms with Crippen molar-refractivity contribution in [3.63, 3.8) is 0 Å². The minimum absolute atomic E-state index is 0.137. The van der Waals surface area contributed by atoms with Gasteiger partial charge in [-0.05, 0) is 29.3 Å². The Kier molecular flexibility index (Phi) is 5.91. The molecule has 0 atom stereocenters. The van der Waals surface area contributed by atoms with E-state index in [1.54, 1.807) is 12.3 Å². The largest absolute Gasteiger partial charge is 0.273 e. The monoisotopic (exact) mass is 342 g/mol. The number of carbonyl (C=O) groups is 1. The van der Waals surface area contributed by atoms with E-state index in [9.17, 15) is 4.79 Å². The van der Waals surface area contributed by atoms with Gasteiger partial charge in [-0.15, -0.1) is 0 Å². The maximum Gasteiger partial charge on any atom is 0.244 e. The van der Waals surface area contributed by atoms with E-state index in [2.05, 4.69) is 26.5 Å². The van der Waals surface area contributed by atoms with E-state index in [0.717, 1.165) is 15.6 Å². The van der Waals surface area contributed by atoms with Gasteiger partial charge in [-0.25, -0.2) is 5.43 Å². The Morgan fingerprint density at radius 2 is 1.81 bits per heavy atom. The normalized spacial score (nSPS) is 11.1. The number of carbonyl (C=O) groups excluding carboxylic acids is 1. The summed E-state index contributed by atoms with van der Waals surface area (Å²) in [4.78, 5) is 11.7. The number of nitrogens with one attached hydrogen (secondary N) is 1. The Hall–Kier alpha value is -2.20. The highest BCUT2D eigenvalue weighted by Crippen LogP contribution is 2.10. The fourth-order valence-electron chi connectivity index (χ4n) is 1.70. The molecule has 2 rings (SSSR count). The van der Waals surface area contributed by atoms with Crippen LogP contribution in [0.25, 0.3) is 6.08 Å². The van der Waals surface area contributed by atoms with Crippen LogP contribution in [0, 0.1) is 0 Å². The second kappa shape index (κ2) is 8.17. The quantitative estimate of drug-likeness (QED) is 0.651. The van der Waals surface area contributed by atoms with Crippen LogP contribution in [-0.2, 0) is 11.2 Å². The average molecular weight is 343 g/mol. The first-order valence-corrected chi connectivity index (χ1v) is 7.31. The lowest BCUT2D eigenvalue weighted by molar-refractivity contribution is -0.120. The number of halogens is 1. The Bertz CT molecular complexity index is 634. The number of hydrogen-bond donors (Lipinski definition) is 1. The van der Waals surface area contributed by atoms with Gasteiger partial charge in [0, 0.05) is 10.7 Å². The van der Waals surface area contributed by atoms with Crippen molar-refractivity contribution < 1.29 is 4.79 Å². The topological polar surface area (TPSA) is 41.5 Å². The first kappa shape index (κ1) is 15.2. The zero-order chi connectivity index (χ0) is 14.9. The predicted molar refractivity (Wildman–Crippen MR) is 90.0 cm³/mol. The van der Waals surface area contributed by atoms with Crippen molar-refractivity contribution in [2.75, 3.05) is 0 Å². The zero-order valence-electron chi connectivity index (χ0n) is 11.4. The summed E-state index contributed by atoms with van der Waals surface area (Å²) in [6.45, 7) is 0. The molecule has 0 heterocycles. The molecule has 106 valence electrons. The third-order valence-corrected chi connectivity index (χ3v) is 3.24. The molecule has 0 bridgehead atoms. The van der Waals surface area contributed by atoms with Crippen molar-refractivity contribution in [3.8, 4) is 0 Å². The number of rotatable bonds is 5. The van der Waals surface area contributed by atoms with Crippen molar-refractivity contribution in [2.45, 2.75) is 6.42 Å². The number of amides is 1. The first-order valence-electron chi connectivity index (χ1n) is 6.52. The Balaban J connectivity index is 1.77. The van der Waals surface area contributed by atoms with E-state index in [1.807, 2.05) is 60.7 Å². The fourth-order valence-corrected chi connectivity index (χ4v) is 1.96. The van der Waals surface area contributed by atoms with Gasteiger partial charge in [0.1, 0.15) is 0 Å². The molecule has 0 aliphatic heterocycles. The van der Waals surface area contributed by atoms with Gasteiger partial charge in [0.25, 0.3) is 0 Å². The van der Waals surface area contributed by atoms with Gasteiger partial charge < -0.3 is 0 Å². The van der Waals surface area contributed by atoms with Crippen LogP contribution in [0.2, 0.25) is 0 Å². The fraction of sp³-hybridized carbons (Fsp3) is 0.0588. The molecule has 0 saturated carbocycles. The Morgan fingerprint density at radius 3 is 2.52 bits per heavy atom. The molecule has 0 aromatic heterocycles. The van der Waals surface area contributed by atoms with E-state index >= 15 is 0 Å². The van der Waals surface area contributed by atoms with Crippen molar-refractivity contribution in [3.05, 3.63) is 76.3 Å². The average Bonchev–Trinajstić information content (AvgIpc) is 2.50. The first-order chi connectivity index (χ1) is 10.2. The van der Waals surface area contributed by atoms with Crippen LogP contribution in [0.4, 0.5) is 0 Å². The molecule has 4 heteroatoms. The second-order valence-corrected chi connectivity index (χ2v) is 5.30. The Morgan fingerprint density at radius 1 is 1.10 bits per heavy atom. The van der Waals surface area contributed by atoms with Gasteiger partial charge in [-0.1, -0.05) is 64.5 Å². The summed E-state index contributed by atoms with van der Waals surface area (Å²) in [5, 5.41) is 3.88. The molecule has 0 aliphatic carbocycles. The molecular weight excluding hydrogens is 328 g/mol. The lowest BCUT2D eigenvalue weighted by Crippen LogP contribution is -2.19. The maximum absolute atomic E-state index is 11.7. The summed E-state index contributed by atoms with van der Waals surface area (Å²) < 4.78 is 0.996. The van der Waals surface area contributed by atoms with E-state index in [1.165, 1.54) is 0 Å². The van der Waals surface area contributed by atoms with Crippen LogP contribution in [0.15, 0.2) is 70.2 Å². The molecule has 2 aromatic carbocycles. The second-order valence-electron chi connectivity index (χ2n) is 4.39.